The van der Waals surface area contributed by atoms with Crippen LogP contribution < -0.4 is 10.5 Å². The highest BCUT2D eigenvalue weighted by molar-refractivity contribution is 5.95. The summed E-state index contributed by atoms with van der Waals surface area (Å²) in [6, 6.07) is 14.1. The van der Waals surface area contributed by atoms with E-state index in [0.717, 1.165) is 6.07 Å². The third-order valence-electron chi connectivity index (χ3n) is 5.84. The van der Waals surface area contributed by atoms with Crippen LogP contribution in [-0.4, -0.2) is 41.3 Å². The Hall–Kier alpha value is -4.38. The van der Waals surface area contributed by atoms with Crippen molar-refractivity contribution >= 4 is 40.9 Å². The second-order valence-electron chi connectivity index (χ2n) is 8.28. The Kier molecular flexibility index (Phi) is 7.40. The molecule has 1 fully saturated rings. The summed E-state index contributed by atoms with van der Waals surface area (Å²) in [4.78, 5) is 45.0. The van der Waals surface area contributed by atoms with E-state index < -0.39 is 35.5 Å². The number of carbonyl (C=O) groups is 2. The lowest BCUT2D eigenvalue weighted by Crippen LogP contribution is -2.26. The first-order chi connectivity index (χ1) is 17.7. The van der Waals surface area contributed by atoms with Crippen LogP contribution in [-0.2, 0) is 15.7 Å². The highest BCUT2D eigenvalue weighted by Crippen LogP contribution is 2.36. The van der Waals surface area contributed by atoms with Gasteiger partial charge in [0.2, 0.25) is 0 Å². The molecule has 0 saturated carbocycles. The van der Waals surface area contributed by atoms with Crippen LogP contribution in [0.4, 0.5) is 23.7 Å². The third kappa shape index (κ3) is 5.32. The molecule has 0 spiro atoms. The Balaban J connectivity index is 0.00000336. The first-order valence-corrected chi connectivity index (χ1v) is 11.1. The Morgan fingerprint density at radius 1 is 1.11 bits per heavy atom. The number of aromatic nitrogens is 2. The van der Waals surface area contributed by atoms with Gasteiger partial charge in [-0.2, -0.15) is 13.2 Å². The number of esters is 1. The van der Waals surface area contributed by atoms with E-state index in [4.69, 9.17) is 9.47 Å². The largest absolute Gasteiger partial charge is 0.458 e. The maximum absolute atomic E-state index is 13.5. The van der Waals surface area contributed by atoms with Gasteiger partial charge in [-0.3, -0.25) is 14.7 Å². The molecule has 12 heteroatoms. The number of halogens is 4. The zero-order valence-corrected chi connectivity index (χ0v) is 20.2. The number of ether oxygens (including phenoxy) is 2. The summed E-state index contributed by atoms with van der Waals surface area (Å²) in [6.07, 6.45) is -3.14. The molecule has 196 valence electrons. The molecule has 1 atom stereocenters. The first-order valence-electron chi connectivity index (χ1n) is 11.1. The molecule has 38 heavy (non-hydrogen) atoms. The number of hydrogen-bond acceptors (Lipinski definition) is 6. The quantitative estimate of drug-likeness (QED) is 0.345. The predicted octanol–water partition coefficient (Wildman–Crippen LogP) is 5.21. The number of anilines is 1. The van der Waals surface area contributed by atoms with Crippen molar-refractivity contribution in [1.82, 2.24) is 9.97 Å². The number of aromatic amines is 1. The molecule has 5 rings (SSSR count). The van der Waals surface area contributed by atoms with Crippen molar-refractivity contribution in [2.75, 3.05) is 18.1 Å². The van der Waals surface area contributed by atoms with Crippen LogP contribution in [0.3, 0.4) is 0 Å². The first kappa shape index (κ1) is 26.7. The summed E-state index contributed by atoms with van der Waals surface area (Å²) in [5.74, 6) is -0.609. The number of amides is 1. The molecule has 3 heterocycles. The van der Waals surface area contributed by atoms with Gasteiger partial charge in [-0.1, -0.05) is 24.3 Å². The van der Waals surface area contributed by atoms with E-state index in [-0.39, 0.29) is 47.8 Å². The Bertz CT molecular complexity index is 1560. The van der Waals surface area contributed by atoms with Crippen LogP contribution in [0.15, 0.2) is 77.9 Å². The Morgan fingerprint density at radius 3 is 2.63 bits per heavy atom. The minimum absolute atomic E-state index is 0. The summed E-state index contributed by atoms with van der Waals surface area (Å²) in [6.45, 7) is -0.105. The lowest BCUT2D eigenvalue weighted by atomic mass is 10.0. The second-order valence-corrected chi connectivity index (χ2v) is 8.28. The average Bonchev–Trinajstić information content (AvgIpc) is 3.27. The highest BCUT2D eigenvalue weighted by Gasteiger charge is 2.35. The number of carbonyl (C=O) groups excluding carboxylic acids is 2. The molecule has 2 aromatic heterocycles. The van der Waals surface area contributed by atoms with Gasteiger partial charge in [-0.05, 0) is 41.8 Å². The fourth-order valence-electron chi connectivity index (χ4n) is 4.08. The molecule has 8 nitrogen and oxygen atoms in total. The van der Waals surface area contributed by atoms with Crippen LogP contribution in [0.25, 0.3) is 22.0 Å². The standard InChI is InChI=1S/C26H18F3N3O5.ClH/c27-26(28,29)21-6-2-1-5-19(21)22-10-15-7-8-17(11-20(15)23(33)31-22)32-13-18(37-25(32)35)14-36-24(34)16-4-3-9-30-12-16;/h1-12,18H,13-14H2,(H,31,33);1H. The molecule has 1 aliphatic rings. The summed E-state index contributed by atoms with van der Waals surface area (Å²) in [5, 5.41) is 0.582. The number of H-pyrrole nitrogens is 1. The third-order valence-corrected chi connectivity index (χ3v) is 5.84. The predicted molar refractivity (Wildman–Crippen MR) is 134 cm³/mol. The van der Waals surface area contributed by atoms with Crippen molar-refractivity contribution in [1.29, 1.82) is 0 Å². The Morgan fingerprint density at radius 2 is 1.89 bits per heavy atom. The molecule has 2 aromatic carbocycles. The topological polar surface area (TPSA) is 102 Å². The van der Waals surface area contributed by atoms with Gasteiger partial charge in [-0.25, -0.2) is 9.59 Å². The second kappa shape index (κ2) is 10.5. The van der Waals surface area contributed by atoms with Crippen LogP contribution in [0.1, 0.15) is 15.9 Å². The van der Waals surface area contributed by atoms with Crippen LogP contribution in [0, 0.1) is 0 Å². The van der Waals surface area contributed by atoms with E-state index in [2.05, 4.69) is 9.97 Å². The fraction of sp³-hybridized carbons (Fsp3) is 0.154. The fourth-order valence-corrected chi connectivity index (χ4v) is 4.08. The molecule has 4 aromatic rings. The summed E-state index contributed by atoms with van der Waals surface area (Å²) in [7, 11) is 0. The molecule has 1 amide bonds. The van der Waals surface area contributed by atoms with E-state index in [1.807, 2.05) is 0 Å². The maximum atomic E-state index is 13.5. The van der Waals surface area contributed by atoms with Crippen molar-refractivity contribution in [2.45, 2.75) is 12.3 Å². The van der Waals surface area contributed by atoms with E-state index in [1.54, 1.807) is 24.3 Å². The monoisotopic (exact) mass is 545 g/mol. The Labute approximate surface area is 219 Å². The van der Waals surface area contributed by atoms with Gasteiger partial charge in [0.15, 0.2) is 6.10 Å². The normalized spacial score (nSPS) is 15.2. The van der Waals surface area contributed by atoms with Crippen molar-refractivity contribution < 1.29 is 32.2 Å². The lowest BCUT2D eigenvalue weighted by Gasteiger charge is -2.15. The van der Waals surface area contributed by atoms with Gasteiger partial charge < -0.3 is 14.5 Å². The number of alkyl halides is 3. The van der Waals surface area contributed by atoms with Crippen molar-refractivity contribution in [3.05, 3.63) is 94.5 Å². The summed E-state index contributed by atoms with van der Waals surface area (Å²) >= 11 is 0. The number of hydrogen-bond donors (Lipinski definition) is 1. The number of nitrogens with one attached hydrogen (secondary N) is 1. The van der Waals surface area contributed by atoms with Gasteiger partial charge >= 0.3 is 18.2 Å². The molecule has 0 aliphatic carbocycles. The maximum Gasteiger partial charge on any atom is 0.417 e. The molecule has 1 aliphatic heterocycles. The number of cyclic esters (lactones) is 1. The SMILES string of the molecule is Cl.O=C(OCC1CN(c2ccc3cc(-c4ccccc4C(F)(F)F)[nH]c(=O)c3c2)C(=O)O1)c1cccnc1. The van der Waals surface area contributed by atoms with Gasteiger partial charge in [-0.15, -0.1) is 12.4 Å². The highest BCUT2D eigenvalue weighted by atomic mass is 35.5. The van der Waals surface area contributed by atoms with Gasteiger partial charge in [0.1, 0.15) is 6.61 Å². The molecule has 0 radical (unpaired) electrons. The molecule has 0 bridgehead atoms. The van der Waals surface area contributed by atoms with Crippen molar-refractivity contribution in [2.24, 2.45) is 0 Å². The van der Waals surface area contributed by atoms with Gasteiger partial charge in [0.25, 0.3) is 5.56 Å². The summed E-state index contributed by atoms with van der Waals surface area (Å²) in [5.41, 5.74) is -0.987. The van der Waals surface area contributed by atoms with Crippen molar-refractivity contribution in [3.8, 4) is 11.3 Å². The van der Waals surface area contributed by atoms with Crippen molar-refractivity contribution in [3.63, 3.8) is 0 Å². The van der Waals surface area contributed by atoms with Crippen LogP contribution in [0.5, 0.6) is 0 Å². The van der Waals surface area contributed by atoms with Crippen LogP contribution >= 0.6 is 12.4 Å². The molecule has 1 saturated heterocycles. The van der Waals surface area contributed by atoms with E-state index >= 15 is 0 Å². The number of fused-ring (bicyclic) bond motifs is 1. The number of nitrogens with zero attached hydrogens (tertiary/aromatic N) is 2. The number of rotatable bonds is 5. The number of pyridine rings is 2. The molecule has 1 N–H and O–H groups in total. The molecular formula is C26H19ClF3N3O5. The zero-order valence-electron chi connectivity index (χ0n) is 19.4. The summed E-state index contributed by atoms with van der Waals surface area (Å²) < 4.78 is 50.9. The smallest absolute Gasteiger partial charge is 0.417 e. The minimum Gasteiger partial charge on any atom is -0.458 e. The lowest BCUT2D eigenvalue weighted by molar-refractivity contribution is -0.137. The molecule has 1 unspecified atom stereocenters. The van der Waals surface area contributed by atoms with E-state index in [1.165, 1.54) is 47.6 Å². The average molecular weight is 546 g/mol. The number of benzene rings is 2. The molecular weight excluding hydrogens is 527 g/mol. The van der Waals surface area contributed by atoms with Crippen LogP contribution in [0.2, 0.25) is 0 Å². The zero-order chi connectivity index (χ0) is 26.2. The van der Waals surface area contributed by atoms with Gasteiger partial charge in [0.05, 0.1) is 17.7 Å². The van der Waals surface area contributed by atoms with E-state index in [0.29, 0.717) is 11.1 Å². The minimum atomic E-state index is -4.59. The van der Waals surface area contributed by atoms with Gasteiger partial charge in [0, 0.05) is 34.7 Å². The van der Waals surface area contributed by atoms with E-state index in [9.17, 15) is 27.6 Å².